The van der Waals surface area contributed by atoms with Gasteiger partial charge in [0, 0.05) is 10.6 Å². The second kappa shape index (κ2) is 10.2. The number of para-hydroxylation sites is 3. The molecule has 4 rings (SSSR count). The topological polar surface area (TPSA) is 101 Å². The van der Waals surface area contributed by atoms with Crippen LogP contribution in [0.5, 0.6) is 11.5 Å². The number of sulfonamides is 1. The first-order chi connectivity index (χ1) is 16.3. The molecule has 0 radical (unpaired) electrons. The molecule has 0 saturated heterocycles. The summed E-state index contributed by atoms with van der Waals surface area (Å²) in [6.45, 7) is -0.468. The van der Waals surface area contributed by atoms with Gasteiger partial charge in [0.1, 0.15) is 17.3 Å². The van der Waals surface area contributed by atoms with Crippen LogP contribution in [0.15, 0.2) is 78.9 Å². The lowest BCUT2D eigenvalue weighted by Crippen LogP contribution is -2.37. The molecule has 34 heavy (non-hydrogen) atoms. The fourth-order valence-corrected chi connectivity index (χ4v) is 4.77. The molecule has 0 aliphatic heterocycles. The molecule has 0 bridgehead atoms. The molecule has 0 atom stereocenters. The Labute approximate surface area is 205 Å². The smallest absolute Gasteiger partial charge is 0.246 e. The summed E-state index contributed by atoms with van der Waals surface area (Å²) >= 11 is 7.08. The van der Waals surface area contributed by atoms with Gasteiger partial charge in [-0.2, -0.15) is 0 Å². The van der Waals surface area contributed by atoms with Crippen LogP contribution in [0.2, 0.25) is 5.02 Å². The van der Waals surface area contributed by atoms with Gasteiger partial charge in [-0.1, -0.05) is 65.4 Å². The van der Waals surface area contributed by atoms with E-state index in [1.165, 1.54) is 11.3 Å². The van der Waals surface area contributed by atoms with Crippen molar-refractivity contribution in [3.63, 3.8) is 0 Å². The van der Waals surface area contributed by atoms with E-state index < -0.39 is 22.5 Å². The molecule has 174 valence electrons. The Morgan fingerprint density at radius 3 is 2.38 bits per heavy atom. The van der Waals surface area contributed by atoms with Crippen LogP contribution < -0.4 is 14.4 Å². The number of anilines is 2. The van der Waals surface area contributed by atoms with E-state index in [1.54, 1.807) is 72.8 Å². The van der Waals surface area contributed by atoms with Crippen LogP contribution in [-0.2, 0) is 14.8 Å². The quantitative estimate of drug-likeness (QED) is 0.353. The Kier molecular flexibility index (Phi) is 7.11. The lowest BCUT2D eigenvalue weighted by atomic mass is 10.2. The van der Waals surface area contributed by atoms with E-state index in [9.17, 15) is 13.2 Å². The van der Waals surface area contributed by atoms with Gasteiger partial charge >= 0.3 is 0 Å². The SMILES string of the molecule is CS(=O)(=O)N(CC(=O)Nc1nnc(-c2ccc(Cl)cc2)s1)c1ccccc1Oc1ccccc1. The summed E-state index contributed by atoms with van der Waals surface area (Å²) in [5.74, 6) is 0.267. The number of halogens is 1. The molecule has 1 heterocycles. The van der Waals surface area contributed by atoms with Crippen molar-refractivity contribution in [1.29, 1.82) is 0 Å². The summed E-state index contributed by atoms with van der Waals surface area (Å²) in [4.78, 5) is 12.8. The second-order valence-electron chi connectivity index (χ2n) is 7.12. The zero-order valence-corrected chi connectivity index (χ0v) is 20.3. The molecule has 0 spiro atoms. The molecule has 1 N–H and O–H groups in total. The maximum Gasteiger partial charge on any atom is 0.246 e. The fraction of sp³-hybridized carbons (Fsp3) is 0.0870. The van der Waals surface area contributed by atoms with E-state index in [-0.39, 0.29) is 10.8 Å². The lowest BCUT2D eigenvalue weighted by molar-refractivity contribution is -0.114. The van der Waals surface area contributed by atoms with Crippen molar-refractivity contribution in [1.82, 2.24) is 10.2 Å². The predicted octanol–water partition coefficient (Wildman–Crippen LogP) is 5.06. The number of aromatic nitrogens is 2. The first kappa shape index (κ1) is 23.7. The lowest BCUT2D eigenvalue weighted by Gasteiger charge is -2.24. The highest BCUT2D eigenvalue weighted by Gasteiger charge is 2.25. The molecule has 3 aromatic carbocycles. The summed E-state index contributed by atoms with van der Waals surface area (Å²) < 4.78 is 32.1. The number of rotatable bonds is 8. The minimum absolute atomic E-state index is 0.239. The molecular formula is C23H19ClN4O4S2. The van der Waals surface area contributed by atoms with Gasteiger partial charge in [0.05, 0.1) is 11.9 Å². The number of ether oxygens (including phenoxy) is 1. The third-order valence-electron chi connectivity index (χ3n) is 4.56. The standard InChI is InChI=1S/C23H19ClN4O4S2/c1-34(30,31)28(19-9-5-6-10-20(19)32-18-7-3-2-4-8-18)15-21(29)25-23-27-26-22(33-23)16-11-13-17(24)14-12-16/h2-14H,15H2,1H3,(H,25,27,29). The number of hydrogen-bond donors (Lipinski definition) is 1. The minimum atomic E-state index is -3.81. The number of carbonyl (C=O) groups is 1. The molecule has 0 fully saturated rings. The zero-order chi connectivity index (χ0) is 24.1. The number of benzene rings is 3. The first-order valence-corrected chi connectivity index (χ1v) is 13.0. The van der Waals surface area contributed by atoms with Crippen molar-refractivity contribution >= 4 is 49.7 Å². The Morgan fingerprint density at radius 1 is 1.00 bits per heavy atom. The van der Waals surface area contributed by atoms with Crippen molar-refractivity contribution in [2.75, 3.05) is 22.4 Å². The van der Waals surface area contributed by atoms with Crippen LogP contribution in [0.3, 0.4) is 0 Å². The number of nitrogens with zero attached hydrogens (tertiary/aromatic N) is 3. The zero-order valence-electron chi connectivity index (χ0n) is 17.9. The van der Waals surface area contributed by atoms with Gasteiger partial charge in [-0.25, -0.2) is 8.42 Å². The van der Waals surface area contributed by atoms with Crippen LogP contribution in [0.1, 0.15) is 0 Å². The number of hydrogen-bond acceptors (Lipinski definition) is 7. The average Bonchev–Trinajstić information content (AvgIpc) is 3.27. The van der Waals surface area contributed by atoms with Crippen LogP contribution >= 0.6 is 22.9 Å². The van der Waals surface area contributed by atoms with Crippen molar-refractivity contribution in [2.24, 2.45) is 0 Å². The van der Waals surface area contributed by atoms with Crippen LogP contribution in [0.4, 0.5) is 10.8 Å². The molecule has 4 aromatic rings. The summed E-state index contributed by atoms with van der Waals surface area (Å²) in [5, 5.41) is 12.1. The van der Waals surface area contributed by atoms with E-state index in [0.717, 1.165) is 16.1 Å². The van der Waals surface area contributed by atoms with E-state index in [0.29, 0.717) is 21.5 Å². The number of amides is 1. The van der Waals surface area contributed by atoms with E-state index in [2.05, 4.69) is 15.5 Å². The molecule has 0 aliphatic rings. The van der Waals surface area contributed by atoms with Gasteiger partial charge in [-0.05, 0) is 36.4 Å². The average molecular weight is 515 g/mol. The first-order valence-electron chi connectivity index (χ1n) is 9.98. The monoisotopic (exact) mass is 514 g/mol. The van der Waals surface area contributed by atoms with Crippen molar-refractivity contribution in [3.8, 4) is 22.1 Å². The second-order valence-corrected chi connectivity index (χ2v) is 10.4. The van der Waals surface area contributed by atoms with Gasteiger partial charge in [0.2, 0.25) is 21.1 Å². The highest BCUT2D eigenvalue weighted by Crippen LogP contribution is 2.33. The largest absolute Gasteiger partial charge is 0.455 e. The Balaban J connectivity index is 1.53. The van der Waals surface area contributed by atoms with Crippen molar-refractivity contribution in [3.05, 3.63) is 83.9 Å². The molecule has 0 unspecified atom stereocenters. The highest BCUT2D eigenvalue weighted by molar-refractivity contribution is 7.92. The molecule has 1 amide bonds. The van der Waals surface area contributed by atoms with Crippen LogP contribution in [0, 0.1) is 0 Å². The predicted molar refractivity (Wildman–Crippen MR) is 134 cm³/mol. The van der Waals surface area contributed by atoms with Crippen LogP contribution in [-0.4, -0.2) is 37.3 Å². The fourth-order valence-electron chi connectivity index (χ4n) is 3.02. The molecule has 8 nitrogen and oxygen atoms in total. The van der Waals surface area contributed by atoms with Gasteiger partial charge in [-0.3, -0.25) is 14.4 Å². The van der Waals surface area contributed by atoms with E-state index in [4.69, 9.17) is 16.3 Å². The summed E-state index contributed by atoms with van der Waals surface area (Å²) in [6.07, 6.45) is 1.03. The summed E-state index contributed by atoms with van der Waals surface area (Å²) in [7, 11) is -3.81. The maximum absolute atomic E-state index is 12.8. The van der Waals surface area contributed by atoms with Gasteiger partial charge in [0.15, 0.2) is 5.75 Å². The molecule has 0 saturated carbocycles. The Morgan fingerprint density at radius 2 is 1.68 bits per heavy atom. The Hall–Kier alpha value is -3.47. The molecular weight excluding hydrogens is 496 g/mol. The minimum Gasteiger partial charge on any atom is -0.455 e. The molecule has 1 aromatic heterocycles. The van der Waals surface area contributed by atoms with E-state index in [1.807, 2.05) is 6.07 Å². The normalized spacial score (nSPS) is 11.1. The third-order valence-corrected chi connectivity index (χ3v) is 6.82. The van der Waals surface area contributed by atoms with Crippen molar-refractivity contribution in [2.45, 2.75) is 0 Å². The third kappa shape index (κ3) is 5.90. The van der Waals surface area contributed by atoms with Gasteiger partial charge in [0.25, 0.3) is 0 Å². The number of nitrogens with one attached hydrogen (secondary N) is 1. The van der Waals surface area contributed by atoms with Gasteiger partial charge in [-0.15, -0.1) is 10.2 Å². The van der Waals surface area contributed by atoms with E-state index >= 15 is 0 Å². The summed E-state index contributed by atoms with van der Waals surface area (Å²) in [5.41, 5.74) is 1.04. The molecule has 0 aliphatic carbocycles. The maximum atomic E-state index is 12.8. The summed E-state index contributed by atoms with van der Waals surface area (Å²) in [6, 6.07) is 22.6. The molecule has 11 heteroatoms. The number of carbonyl (C=O) groups excluding carboxylic acids is 1. The van der Waals surface area contributed by atoms with Crippen molar-refractivity contribution < 1.29 is 17.9 Å². The Bertz CT molecular complexity index is 1390. The van der Waals surface area contributed by atoms with Gasteiger partial charge < -0.3 is 4.74 Å². The highest BCUT2D eigenvalue weighted by atomic mass is 35.5. The van der Waals surface area contributed by atoms with Crippen LogP contribution in [0.25, 0.3) is 10.6 Å².